The van der Waals surface area contributed by atoms with Crippen molar-refractivity contribution in [2.75, 3.05) is 26.2 Å². The third-order valence-electron chi connectivity index (χ3n) is 6.38. The van der Waals surface area contributed by atoms with Gasteiger partial charge in [0.05, 0.1) is 27.0 Å². The second-order valence-corrected chi connectivity index (χ2v) is 10.6. The van der Waals surface area contributed by atoms with E-state index in [2.05, 4.69) is 4.98 Å². The Kier molecular flexibility index (Phi) is 6.53. The fourth-order valence-corrected chi connectivity index (χ4v) is 5.78. The van der Waals surface area contributed by atoms with Gasteiger partial charge in [0.25, 0.3) is 11.5 Å². The van der Waals surface area contributed by atoms with Gasteiger partial charge in [0.15, 0.2) is 0 Å². The van der Waals surface area contributed by atoms with Crippen LogP contribution in [-0.4, -0.2) is 59.3 Å². The fourth-order valence-electron chi connectivity index (χ4n) is 4.31. The molecule has 1 saturated heterocycles. The molecule has 0 saturated carbocycles. The predicted octanol–water partition coefficient (Wildman–Crippen LogP) is 3.55. The van der Waals surface area contributed by atoms with E-state index in [9.17, 15) is 31.2 Å². The monoisotopic (exact) mass is 542 g/mol. The second-order valence-electron chi connectivity index (χ2n) is 8.71. The van der Waals surface area contributed by atoms with Crippen molar-refractivity contribution in [1.82, 2.24) is 18.8 Å². The highest BCUT2D eigenvalue weighted by Gasteiger charge is 2.34. The van der Waals surface area contributed by atoms with Crippen LogP contribution in [0.15, 0.2) is 88.8 Å². The lowest BCUT2D eigenvalue weighted by Gasteiger charge is -2.34. The minimum atomic E-state index is -4.66. The minimum absolute atomic E-state index is 0.0550. The number of hydrogen-bond donors (Lipinski definition) is 0. The highest BCUT2D eigenvalue weighted by Crippen LogP contribution is 2.31. The number of piperazine rings is 1. The molecule has 0 bridgehead atoms. The van der Waals surface area contributed by atoms with E-state index in [-0.39, 0.29) is 37.6 Å². The molecule has 2 heterocycles. The van der Waals surface area contributed by atoms with Crippen LogP contribution < -0.4 is 5.56 Å². The summed E-state index contributed by atoms with van der Waals surface area (Å²) in [6.45, 7) is 0.0424. The molecule has 5 rings (SSSR count). The zero-order valence-corrected chi connectivity index (χ0v) is 20.6. The second kappa shape index (κ2) is 9.69. The average molecular weight is 543 g/mol. The molecule has 1 aromatic heterocycles. The first-order valence-corrected chi connectivity index (χ1v) is 13.0. The van der Waals surface area contributed by atoms with E-state index in [1.165, 1.54) is 15.8 Å². The van der Waals surface area contributed by atoms with Crippen LogP contribution in [0.1, 0.15) is 15.9 Å². The number of halogens is 3. The van der Waals surface area contributed by atoms with E-state index in [0.717, 1.165) is 22.5 Å². The summed E-state index contributed by atoms with van der Waals surface area (Å²) in [6.07, 6.45) is -3.24. The topological polar surface area (TPSA) is 92.6 Å². The van der Waals surface area contributed by atoms with Gasteiger partial charge >= 0.3 is 6.18 Å². The summed E-state index contributed by atoms with van der Waals surface area (Å²) in [5.74, 6) is -0.323. The van der Waals surface area contributed by atoms with E-state index in [4.69, 9.17) is 0 Å². The predicted molar refractivity (Wildman–Crippen MR) is 133 cm³/mol. The summed E-state index contributed by atoms with van der Waals surface area (Å²) in [5.41, 5.74) is 0.173. The molecule has 0 N–H and O–H groups in total. The van der Waals surface area contributed by atoms with Crippen LogP contribution in [0.4, 0.5) is 13.2 Å². The van der Waals surface area contributed by atoms with Gasteiger partial charge in [-0.15, -0.1) is 0 Å². The number of rotatable bonds is 4. The molecule has 1 fully saturated rings. The molecule has 1 aliphatic heterocycles. The first-order valence-electron chi connectivity index (χ1n) is 11.6. The van der Waals surface area contributed by atoms with Gasteiger partial charge in [-0.3, -0.25) is 14.2 Å². The lowest BCUT2D eigenvalue weighted by atomic mass is 10.1. The summed E-state index contributed by atoms with van der Waals surface area (Å²) >= 11 is 0. The van der Waals surface area contributed by atoms with E-state index >= 15 is 0 Å². The maximum Gasteiger partial charge on any atom is 0.416 e. The van der Waals surface area contributed by atoms with E-state index in [1.807, 2.05) is 0 Å². The number of nitrogens with zero attached hydrogens (tertiary/aromatic N) is 4. The number of fused-ring (bicyclic) bond motifs is 1. The zero-order valence-electron chi connectivity index (χ0n) is 19.8. The third kappa shape index (κ3) is 4.79. The maximum absolute atomic E-state index is 13.0. The van der Waals surface area contributed by atoms with Crippen molar-refractivity contribution in [3.05, 3.63) is 101 Å². The SMILES string of the molecule is O=C(c1ccc(-n2cnc3ccccc3c2=O)cc1)N1CCN(S(=O)(=O)c2cccc(C(F)(F)F)c2)CC1. The Balaban J connectivity index is 1.28. The summed E-state index contributed by atoms with van der Waals surface area (Å²) in [4.78, 5) is 31.2. The number of amides is 1. The van der Waals surface area contributed by atoms with Gasteiger partial charge in [-0.1, -0.05) is 18.2 Å². The van der Waals surface area contributed by atoms with Crippen LogP contribution in [-0.2, 0) is 16.2 Å². The Labute approximate surface area is 215 Å². The molecule has 0 unspecified atom stereocenters. The van der Waals surface area contributed by atoms with Crippen LogP contribution in [0.2, 0.25) is 0 Å². The Bertz CT molecular complexity index is 1680. The largest absolute Gasteiger partial charge is 0.416 e. The molecular formula is C26H21F3N4O4S. The first-order chi connectivity index (χ1) is 18.1. The van der Waals surface area contributed by atoms with Crippen molar-refractivity contribution in [2.45, 2.75) is 11.1 Å². The molecule has 0 atom stereocenters. The molecule has 0 radical (unpaired) electrons. The normalized spacial score (nSPS) is 15.1. The molecule has 196 valence electrons. The molecule has 1 amide bonds. The van der Waals surface area contributed by atoms with Gasteiger partial charge in [0.2, 0.25) is 10.0 Å². The number of para-hydroxylation sites is 1. The molecule has 0 aliphatic carbocycles. The number of hydrogen-bond acceptors (Lipinski definition) is 5. The highest BCUT2D eigenvalue weighted by molar-refractivity contribution is 7.89. The number of carbonyl (C=O) groups is 1. The molecule has 1 aliphatic rings. The molecule has 12 heteroatoms. The third-order valence-corrected chi connectivity index (χ3v) is 8.28. The minimum Gasteiger partial charge on any atom is -0.336 e. The molecule has 38 heavy (non-hydrogen) atoms. The Morgan fingerprint density at radius 3 is 2.24 bits per heavy atom. The van der Waals surface area contributed by atoms with E-state index in [0.29, 0.717) is 28.2 Å². The van der Waals surface area contributed by atoms with Gasteiger partial charge in [-0.05, 0) is 54.6 Å². The zero-order chi connectivity index (χ0) is 27.1. The lowest BCUT2D eigenvalue weighted by molar-refractivity contribution is -0.137. The van der Waals surface area contributed by atoms with Crippen molar-refractivity contribution in [1.29, 1.82) is 0 Å². The van der Waals surface area contributed by atoms with Gasteiger partial charge < -0.3 is 4.90 Å². The van der Waals surface area contributed by atoms with E-state index < -0.39 is 26.7 Å². The molecule has 8 nitrogen and oxygen atoms in total. The summed E-state index contributed by atoms with van der Waals surface area (Å²) in [5, 5.41) is 0.466. The number of alkyl halides is 3. The summed E-state index contributed by atoms with van der Waals surface area (Å²) < 4.78 is 67.4. The molecular weight excluding hydrogens is 521 g/mol. The molecule has 0 spiro atoms. The van der Waals surface area contributed by atoms with Crippen molar-refractivity contribution in [3.63, 3.8) is 0 Å². The van der Waals surface area contributed by atoms with Gasteiger partial charge in [0.1, 0.15) is 6.33 Å². The van der Waals surface area contributed by atoms with E-state index in [1.54, 1.807) is 48.5 Å². The quantitative estimate of drug-likeness (QED) is 0.393. The first kappa shape index (κ1) is 25.6. The number of benzene rings is 3. The summed E-state index contributed by atoms with van der Waals surface area (Å²) in [7, 11) is -4.16. The standard InChI is InChI=1S/C26H21F3N4O4S/c27-26(28,29)19-4-3-5-21(16-19)38(36,37)32-14-12-31(13-15-32)24(34)18-8-10-20(11-9-18)33-17-30-23-7-2-1-6-22(23)25(33)35/h1-11,16-17H,12-15H2. The van der Waals surface area contributed by atoms with Crippen LogP contribution in [0.5, 0.6) is 0 Å². The lowest BCUT2D eigenvalue weighted by Crippen LogP contribution is -2.50. The average Bonchev–Trinajstić information content (AvgIpc) is 2.93. The van der Waals surface area contributed by atoms with Crippen LogP contribution in [0.3, 0.4) is 0 Å². The van der Waals surface area contributed by atoms with Crippen molar-refractivity contribution < 1.29 is 26.4 Å². The fraction of sp³-hybridized carbons (Fsp3) is 0.192. The van der Waals surface area contributed by atoms with Gasteiger partial charge in [-0.2, -0.15) is 17.5 Å². The Hall–Kier alpha value is -4.03. The summed E-state index contributed by atoms with van der Waals surface area (Å²) in [6, 6.07) is 17.0. The smallest absolute Gasteiger partial charge is 0.336 e. The molecule has 3 aromatic carbocycles. The van der Waals surface area contributed by atoms with Crippen molar-refractivity contribution in [2.24, 2.45) is 0 Å². The number of aromatic nitrogens is 2. The maximum atomic E-state index is 13.0. The van der Waals surface area contributed by atoms with Crippen LogP contribution in [0.25, 0.3) is 16.6 Å². The van der Waals surface area contributed by atoms with Crippen molar-refractivity contribution in [3.8, 4) is 5.69 Å². The Morgan fingerprint density at radius 2 is 1.55 bits per heavy atom. The number of carbonyl (C=O) groups excluding carboxylic acids is 1. The highest BCUT2D eigenvalue weighted by atomic mass is 32.2. The van der Waals surface area contributed by atoms with Crippen LogP contribution >= 0.6 is 0 Å². The van der Waals surface area contributed by atoms with Gasteiger partial charge in [0, 0.05) is 31.7 Å². The van der Waals surface area contributed by atoms with Crippen LogP contribution in [0, 0.1) is 0 Å². The number of sulfonamides is 1. The molecule has 4 aromatic rings. The Morgan fingerprint density at radius 1 is 0.868 bits per heavy atom. The van der Waals surface area contributed by atoms with Gasteiger partial charge in [-0.25, -0.2) is 13.4 Å². The van der Waals surface area contributed by atoms with Crippen molar-refractivity contribution >= 4 is 26.8 Å².